The molecule has 2 rings (SSSR count). The summed E-state index contributed by atoms with van der Waals surface area (Å²) in [4.78, 5) is 0. The SMILES string of the molecule is CCc1ccc(OCc2cnn(C)c2)c(N)c1. The lowest BCUT2D eigenvalue weighted by Gasteiger charge is -2.08. The van der Waals surface area contributed by atoms with Crippen molar-refractivity contribution in [1.29, 1.82) is 0 Å². The molecule has 90 valence electrons. The fraction of sp³-hybridized carbons (Fsp3) is 0.308. The van der Waals surface area contributed by atoms with Crippen LogP contribution in [0.15, 0.2) is 30.6 Å². The van der Waals surface area contributed by atoms with Crippen LogP contribution in [0.1, 0.15) is 18.1 Å². The summed E-state index contributed by atoms with van der Waals surface area (Å²) in [5.74, 6) is 0.728. The lowest BCUT2D eigenvalue weighted by atomic mass is 10.1. The highest BCUT2D eigenvalue weighted by molar-refractivity contribution is 5.54. The van der Waals surface area contributed by atoms with E-state index in [1.807, 2.05) is 31.4 Å². The van der Waals surface area contributed by atoms with E-state index < -0.39 is 0 Å². The fourth-order valence-corrected chi connectivity index (χ4v) is 1.66. The van der Waals surface area contributed by atoms with Gasteiger partial charge in [0.1, 0.15) is 12.4 Å². The number of rotatable bonds is 4. The van der Waals surface area contributed by atoms with Crippen LogP contribution in [-0.2, 0) is 20.1 Å². The predicted octanol–water partition coefficient (Wildman–Crippen LogP) is 2.14. The van der Waals surface area contributed by atoms with Crippen molar-refractivity contribution in [3.63, 3.8) is 0 Å². The summed E-state index contributed by atoms with van der Waals surface area (Å²) in [6.07, 6.45) is 4.69. The van der Waals surface area contributed by atoms with Crippen molar-refractivity contribution in [3.05, 3.63) is 41.7 Å². The molecule has 0 unspecified atom stereocenters. The minimum Gasteiger partial charge on any atom is -0.487 e. The van der Waals surface area contributed by atoms with Crippen molar-refractivity contribution in [2.45, 2.75) is 20.0 Å². The molecular weight excluding hydrogens is 214 g/mol. The Morgan fingerprint density at radius 2 is 2.18 bits per heavy atom. The average Bonchev–Trinajstić information content (AvgIpc) is 2.73. The molecule has 0 fully saturated rings. The van der Waals surface area contributed by atoms with Crippen LogP contribution in [0.5, 0.6) is 5.75 Å². The number of hydrogen-bond acceptors (Lipinski definition) is 3. The van der Waals surface area contributed by atoms with E-state index in [-0.39, 0.29) is 0 Å². The molecule has 17 heavy (non-hydrogen) atoms. The van der Waals surface area contributed by atoms with Gasteiger partial charge in [0.05, 0.1) is 11.9 Å². The number of hydrogen-bond donors (Lipinski definition) is 1. The number of nitrogens with two attached hydrogens (primary N) is 1. The molecule has 1 aromatic carbocycles. The van der Waals surface area contributed by atoms with Gasteiger partial charge in [-0.05, 0) is 24.1 Å². The van der Waals surface area contributed by atoms with Crippen molar-refractivity contribution in [1.82, 2.24) is 9.78 Å². The molecule has 2 aromatic rings. The van der Waals surface area contributed by atoms with E-state index in [0.29, 0.717) is 12.3 Å². The van der Waals surface area contributed by atoms with Crippen LogP contribution >= 0.6 is 0 Å². The minimum absolute atomic E-state index is 0.490. The van der Waals surface area contributed by atoms with Crippen LogP contribution < -0.4 is 10.5 Å². The highest BCUT2D eigenvalue weighted by atomic mass is 16.5. The Morgan fingerprint density at radius 1 is 1.35 bits per heavy atom. The maximum atomic E-state index is 5.92. The van der Waals surface area contributed by atoms with E-state index >= 15 is 0 Å². The van der Waals surface area contributed by atoms with Crippen LogP contribution in [0.4, 0.5) is 5.69 Å². The number of nitrogens with zero attached hydrogens (tertiary/aromatic N) is 2. The third-order valence-electron chi connectivity index (χ3n) is 2.64. The fourth-order valence-electron chi connectivity index (χ4n) is 1.66. The van der Waals surface area contributed by atoms with Gasteiger partial charge in [-0.25, -0.2) is 0 Å². The number of anilines is 1. The Kier molecular flexibility index (Phi) is 3.32. The van der Waals surface area contributed by atoms with Gasteiger partial charge in [0.2, 0.25) is 0 Å². The van der Waals surface area contributed by atoms with Crippen LogP contribution in [-0.4, -0.2) is 9.78 Å². The molecule has 0 aliphatic rings. The first-order valence-electron chi connectivity index (χ1n) is 5.67. The Labute approximate surface area is 101 Å². The van der Waals surface area contributed by atoms with Gasteiger partial charge in [0, 0.05) is 18.8 Å². The molecule has 2 N–H and O–H groups in total. The third-order valence-corrected chi connectivity index (χ3v) is 2.64. The topological polar surface area (TPSA) is 53.1 Å². The van der Waals surface area contributed by atoms with Gasteiger partial charge in [-0.3, -0.25) is 4.68 Å². The van der Waals surface area contributed by atoms with Crippen molar-refractivity contribution in [2.75, 3.05) is 5.73 Å². The molecule has 1 heterocycles. The zero-order chi connectivity index (χ0) is 12.3. The molecule has 4 heteroatoms. The Balaban J connectivity index is 2.04. The molecule has 0 radical (unpaired) electrons. The summed E-state index contributed by atoms with van der Waals surface area (Å²) in [7, 11) is 1.88. The van der Waals surface area contributed by atoms with Crippen LogP contribution in [0, 0.1) is 0 Å². The largest absolute Gasteiger partial charge is 0.487 e. The first-order valence-corrected chi connectivity index (χ1v) is 5.67. The summed E-state index contributed by atoms with van der Waals surface area (Å²) in [5.41, 5.74) is 8.86. The summed E-state index contributed by atoms with van der Waals surface area (Å²) >= 11 is 0. The summed E-state index contributed by atoms with van der Waals surface area (Å²) in [5, 5.41) is 4.08. The van der Waals surface area contributed by atoms with E-state index in [2.05, 4.69) is 12.0 Å². The van der Waals surface area contributed by atoms with E-state index in [1.54, 1.807) is 10.9 Å². The second-order valence-corrected chi connectivity index (χ2v) is 4.04. The lowest BCUT2D eigenvalue weighted by Crippen LogP contribution is -1.98. The molecule has 0 aliphatic carbocycles. The maximum absolute atomic E-state index is 5.92. The molecule has 0 bridgehead atoms. The smallest absolute Gasteiger partial charge is 0.142 e. The standard InChI is InChI=1S/C13H17N3O/c1-3-10-4-5-13(12(14)6-10)17-9-11-7-15-16(2)8-11/h4-8H,3,9,14H2,1-2H3. The average molecular weight is 231 g/mol. The molecule has 0 saturated carbocycles. The number of aromatic nitrogens is 2. The Bertz CT molecular complexity index is 505. The Morgan fingerprint density at radius 3 is 2.76 bits per heavy atom. The normalized spacial score (nSPS) is 10.5. The van der Waals surface area contributed by atoms with Gasteiger partial charge < -0.3 is 10.5 Å². The first-order chi connectivity index (χ1) is 8.19. The van der Waals surface area contributed by atoms with E-state index in [0.717, 1.165) is 17.7 Å². The molecular formula is C13H17N3O. The molecule has 0 aliphatic heterocycles. The van der Waals surface area contributed by atoms with Crippen LogP contribution in [0.3, 0.4) is 0 Å². The predicted molar refractivity (Wildman–Crippen MR) is 67.8 cm³/mol. The molecule has 0 spiro atoms. The second-order valence-electron chi connectivity index (χ2n) is 4.04. The number of nitrogen functional groups attached to an aromatic ring is 1. The molecule has 0 amide bonds. The molecule has 1 aromatic heterocycles. The summed E-state index contributed by atoms with van der Waals surface area (Å²) in [6.45, 7) is 2.59. The quantitative estimate of drug-likeness (QED) is 0.820. The van der Waals surface area contributed by atoms with Gasteiger partial charge in [-0.2, -0.15) is 5.10 Å². The molecule has 0 saturated heterocycles. The second kappa shape index (κ2) is 4.91. The highest BCUT2D eigenvalue weighted by Crippen LogP contribution is 2.23. The molecule has 0 atom stereocenters. The van der Waals surface area contributed by atoms with Gasteiger partial charge in [-0.1, -0.05) is 13.0 Å². The lowest BCUT2D eigenvalue weighted by molar-refractivity contribution is 0.308. The van der Waals surface area contributed by atoms with Crippen molar-refractivity contribution < 1.29 is 4.74 Å². The van der Waals surface area contributed by atoms with Gasteiger partial charge in [0.25, 0.3) is 0 Å². The zero-order valence-electron chi connectivity index (χ0n) is 10.2. The minimum atomic E-state index is 0.490. The number of ether oxygens (including phenoxy) is 1. The first kappa shape index (κ1) is 11.5. The van der Waals surface area contributed by atoms with E-state index in [9.17, 15) is 0 Å². The van der Waals surface area contributed by atoms with Gasteiger partial charge >= 0.3 is 0 Å². The third kappa shape index (κ3) is 2.78. The number of benzene rings is 1. The van der Waals surface area contributed by atoms with Gasteiger partial charge in [0.15, 0.2) is 0 Å². The van der Waals surface area contributed by atoms with Crippen LogP contribution in [0.2, 0.25) is 0 Å². The molecule has 4 nitrogen and oxygen atoms in total. The van der Waals surface area contributed by atoms with Crippen molar-refractivity contribution in [3.8, 4) is 5.75 Å². The van der Waals surface area contributed by atoms with E-state index in [4.69, 9.17) is 10.5 Å². The van der Waals surface area contributed by atoms with Gasteiger partial charge in [-0.15, -0.1) is 0 Å². The monoisotopic (exact) mass is 231 g/mol. The summed E-state index contributed by atoms with van der Waals surface area (Å²) in [6, 6.07) is 5.91. The highest BCUT2D eigenvalue weighted by Gasteiger charge is 2.03. The van der Waals surface area contributed by atoms with Crippen molar-refractivity contribution >= 4 is 5.69 Å². The van der Waals surface area contributed by atoms with Crippen LogP contribution in [0.25, 0.3) is 0 Å². The Hall–Kier alpha value is -1.97. The summed E-state index contributed by atoms with van der Waals surface area (Å²) < 4.78 is 7.41. The maximum Gasteiger partial charge on any atom is 0.142 e. The zero-order valence-corrected chi connectivity index (χ0v) is 10.2. The number of aryl methyl sites for hydroxylation is 2. The van der Waals surface area contributed by atoms with E-state index in [1.165, 1.54) is 5.56 Å². The van der Waals surface area contributed by atoms with Crippen molar-refractivity contribution in [2.24, 2.45) is 7.05 Å².